The summed E-state index contributed by atoms with van der Waals surface area (Å²) in [5.41, 5.74) is 0.864. The lowest BCUT2D eigenvalue weighted by Gasteiger charge is -2.37. The van der Waals surface area contributed by atoms with Crippen LogP contribution < -0.4 is 0 Å². The number of amides is 1. The van der Waals surface area contributed by atoms with Crippen LogP contribution in [0.5, 0.6) is 0 Å². The molecule has 0 unspecified atom stereocenters. The zero-order chi connectivity index (χ0) is 17.2. The van der Waals surface area contributed by atoms with Crippen LogP contribution in [0, 0.1) is 16.7 Å². The standard InChI is InChI=1S/C19H25NO3S/c1-18(2)15-10-11-19(18)13-24(22,23)20(16(19)12-15)17(21)9-8-14-6-4-3-5-7-14/h3-7,15-16H,8-13H2,1-2H3/t15-,16-,19-/m1/s1. The van der Waals surface area contributed by atoms with Crippen molar-refractivity contribution in [1.82, 2.24) is 4.31 Å². The normalized spacial score (nSPS) is 35.2. The number of benzene rings is 1. The molecule has 1 heterocycles. The molecule has 130 valence electrons. The highest BCUT2D eigenvalue weighted by Crippen LogP contribution is 2.69. The van der Waals surface area contributed by atoms with Crippen molar-refractivity contribution in [2.24, 2.45) is 16.7 Å². The van der Waals surface area contributed by atoms with Crippen molar-refractivity contribution in [2.75, 3.05) is 5.75 Å². The van der Waals surface area contributed by atoms with Gasteiger partial charge in [-0.1, -0.05) is 44.2 Å². The third-order valence-electron chi connectivity index (χ3n) is 7.13. The Morgan fingerprint density at radius 3 is 2.62 bits per heavy atom. The molecule has 3 aliphatic rings. The quantitative estimate of drug-likeness (QED) is 0.845. The van der Waals surface area contributed by atoms with E-state index in [1.54, 1.807) is 0 Å². The largest absolute Gasteiger partial charge is 0.274 e. The number of carbonyl (C=O) groups is 1. The van der Waals surface area contributed by atoms with Crippen molar-refractivity contribution in [3.63, 3.8) is 0 Å². The molecule has 1 saturated heterocycles. The van der Waals surface area contributed by atoms with Crippen LogP contribution in [0.1, 0.15) is 45.1 Å². The molecular weight excluding hydrogens is 322 g/mol. The van der Waals surface area contributed by atoms with Crippen LogP contribution in [0.3, 0.4) is 0 Å². The molecule has 4 nitrogen and oxygen atoms in total. The monoisotopic (exact) mass is 347 g/mol. The van der Waals surface area contributed by atoms with Crippen LogP contribution in [0.2, 0.25) is 0 Å². The summed E-state index contributed by atoms with van der Waals surface area (Å²) in [6.07, 6.45) is 3.75. The second kappa shape index (κ2) is 5.07. The van der Waals surface area contributed by atoms with Gasteiger partial charge in [-0.25, -0.2) is 12.7 Å². The van der Waals surface area contributed by atoms with Gasteiger partial charge in [0, 0.05) is 11.8 Å². The molecular formula is C19H25NO3S. The highest BCUT2D eigenvalue weighted by molar-refractivity contribution is 7.90. The van der Waals surface area contributed by atoms with Gasteiger partial charge in [-0.15, -0.1) is 0 Å². The van der Waals surface area contributed by atoms with E-state index in [1.165, 1.54) is 4.31 Å². The number of nitrogens with zero attached hydrogens (tertiary/aromatic N) is 1. The van der Waals surface area contributed by atoms with E-state index in [1.807, 2.05) is 30.3 Å². The van der Waals surface area contributed by atoms with Crippen molar-refractivity contribution in [3.05, 3.63) is 35.9 Å². The fourth-order valence-electron chi connectivity index (χ4n) is 5.62. The Morgan fingerprint density at radius 1 is 1.25 bits per heavy atom. The molecule has 3 fully saturated rings. The first-order chi connectivity index (χ1) is 11.3. The first kappa shape index (κ1) is 16.1. The summed E-state index contributed by atoms with van der Waals surface area (Å²) in [5.74, 6) is 0.483. The molecule has 1 aliphatic heterocycles. The lowest BCUT2D eigenvalue weighted by Crippen LogP contribution is -2.44. The average Bonchev–Trinajstić information content (AvgIpc) is 3.01. The smallest absolute Gasteiger partial charge is 0.238 e. The molecule has 4 rings (SSSR count). The number of sulfonamides is 1. The van der Waals surface area contributed by atoms with Gasteiger partial charge in [-0.3, -0.25) is 4.79 Å². The van der Waals surface area contributed by atoms with Gasteiger partial charge in [-0.2, -0.15) is 0 Å². The van der Waals surface area contributed by atoms with Gasteiger partial charge in [0.1, 0.15) is 0 Å². The Balaban J connectivity index is 1.58. The minimum absolute atomic E-state index is 0.0131. The van der Waals surface area contributed by atoms with Crippen molar-refractivity contribution in [2.45, 2.75) is 52.0 Å². The van der Waals surface area contributed by atoms with E-state index in [4.69, 9.17) is 0 Å². The van der Waals surface area contributed by atoms with Gasteiger partial charge in [0.05, 0.1) is 11.8 Å². The second-order valence-electron chi connectivity index (χ2n) is 8.30. The fraction of sp³-hybridized carbons (Fsp3) is 0.632. The molecule has 3 atom stereocenters. The number of rotatable bonds is 3. The predicted molar refractivity (Wildman–Crippen MR) is 92.7 cm³/mol. The number of hydrogen-bond donors (Lipinski definition) is 0. The van der Waals surface area contributed by atoms with Crippen molar-refractivity contribution < 1.29 is 13.2 Å². The molecule has 1 aromatic rings. The van der Waals surface area contributed by atoms with E-state index < -0.39 is 10.0 Å². The van der Waals surface area contributed by atoms with Gasteiger partial charge in [0.15, 0.2) is 0 Å². The topological polar surface area (TPSA) is 54.5 Å². The zero-order valence-electron chi connectivity index (χ0n) is 14.4. The second-order valence-corrected chi connectivity index (χ2v) is 10.1. The van der Waals surface area contributed by atoms with E-state index in [-0.39, 0.29) is 35.0 Å². The SMILES string of the molecule is CC1(C)[C@@H]2CC[C@]13CS(=O)(=O)N(C(=O)CCc1ccccc1)[C@@H]3C2. The lowest BCUT2D eigenvalue weighted by molar-refractivity contribution is -0.129. The first-order valence-corrected chi connectivity index (χ1v) is 10.5. The number of fused-ring (bicyclic) bond motifs is 1. The first-order valence-electron chi connectivity index (χ1n) is 8.87. The van der Waals surface area contributed by atoms with Crippen molar-refractivity contribution >= 4 is 15.9 Å². The summed E-state index contributed by atoms with van der Waals surface area (Å²) in [7, 11) is -3.48. The third-order valence-corrected chi connectivity index (χ3v) is 9.06. The maximum Gasteiger partial charge on any atom is 0.238 e. The van der Waals surface area contributed by atoms with Gasteiger partial charge >= 0.3 is 0 Å². The minimum Gasteiger partial charge on any atom is -0.274 e. The van der Waals surface area contributed by atoms with Crippen LogP contribution in [0.25, 0.3) is 0 Å². The molecule has 2 bridgehead atoms. The molecule has 0 aromatic heterocycles. The molecule has 2 aliphatic carbocycles. The predicted octanol–water partition coefficient (Wildman–Crippen LogP) is 2.99. The van der Waals surface area contributed by atoms with Gasteiger partial charge in [0.2, 0.25) is 15.9 Å². The van der Waals surface area contributed by atoms with Gasteiger partial charge < -0.3 is 0 Å². The van der Waals surface area contributed by atoms with Crippen LogP contribution in [-0.4, -0.2) is 30.4 Å². The van der Waals surface area contributed by atoms with Crippen LogP contribution in [0.4, 0.5) is 0 Å². The number of aryl methyl sites for hydroxylation is 1. The highest BCUT2D eigenvalue weighted by Gasteiger charge is 2.72. The van der Waals surface area contributed by atoms with Gasteiger partial charge in [-0.05, 0) is 42.6 Å². The fourth-order valence-corrected chi connectivity index (χ4v) is 8.20. The average molecular weight is 347 g/mol. The van der Waals surface area contributed by atoms with E-state index >= 15 is 0 Å². The summed E-state index contributed by atoms with van der Waals surface area (Å²) in [6.45, 7) is 4.41. The van der Waals surface area contributed by atoms with E-state index in [0.29, 0.717) is 12.3 Å². The summed E-state index contributed by atoms with van der Waals surface area (Å²) < 4.78 is 26.9. The zero-order valence-corrected chi connectivity index (χ0v) is 15.2. The third kappa shape index (κ3) is 2.03. The van der Waals surface area contributed by atoms with E-state index in [9.17, 15) is 13.2 Å². The summed E-state index contributed by atoms with van der Waals surface area (Å²) in [5, 5.41) is 0. The molecule has 1 amide bonds. The van der Waals surface area contributed by atoms with Crippen LogP contribution in [0.15, 0.2) is 30.3 Å². The Labute approximate surface area is 144 Å². The molecule has 1 spiro atoms. The summed E-state index contributed by atoms with van der Waals surface area (Å²) in [6, 6.07) is 9.68. The van der Waals surface area contributed by atoms with E-state index in [0.717, 1.165) is 24.8 Å². The Hall–Kier alpha value is -1.36. The Bertz CT molecular complexity index is 771. The van der Waals surface area contributed by atoms with Crippen LogP contribution >= 0.6 is 0 Å². The Morgan fingerprint density at radius 2 is 1.96 bits per heavy atom. The molecule has 5 heteroatoms. The van der Waals surface area contributed by atoms with Gasteiger partial charge in [0.25, 0.3) is 0 Å². The van der Waals surface area contributed by atoms with Crippen LogP contribution in [-0.2, 0) is 21.2 Å². The molecule has 0 radical (unpaired) electrons. The maximum absolute atomic E-state index is 12.8. The van der Waals surface area contributed by atoms with E-state index in [2.05, 4.69) is 13.8 Å². The maximum atomic E-state index is 12.8. The van der Waals surface area contributed by atoms with Crippen molar-refractivity contribution in [1.29, 1.82) is 0 Å². The molecule has 1 aromatic carbocycles. The summed E-state index contributed by atoms with van der Waals surface area (Å²) in [4.78, 5) is 12.8. The number of carbonyl (C=O) groups excluding carboxylic acids is 1. The minimum atomic E-state index is -3.48. The summed E-state index contributed by atoms with van der Waals surface area (Å²) >= 11 is 0. The number of hydrogen-bond acceptors (Lipinski definition) is 3. The molecule has 24 heavy (non-hydrogen) atoms. The molecule has 2 saturated carbocycles. The molecule has 0 N–H and O–H groups in total. The highest BCUT2D eigenvalue weighted by atomic mass is 32.2. The van der Waals surface area contributed by atoms with Crippen molar-refractivity contribution in [3.8, 4) is 0 Å². The Kier molecular flexibility index (Phi) is 3.41. The lowest BCUT2D eigenvalue weighted by atomic mass is 9.69.